The van der Waals surface area contributed by atoms with Crippen LogP contribution in [0.5, 0.6) is 0 Å². The Hall–Kier alpha value is -1.90. The maximum atomic E-state index is 14.0. The van der Waals surface area contributed by atoms with Crippen LogP contribution in [-0.2, 0) is 0 Å². The van der Waals surface area contributed by atoms with Crippen molar-refractivity contribution in [3.05, 3.63) is 35.1 Å². The fourth-order valence-electron chi connectivity index (χ4n) is 2.48. The van der Waals surface area contributed by atoms with E-state index in [0.717, 1.165) is 12.8 Å². The van der Waals surface area contributed by atoms with Crippen molar-refractivity contribution >= 4 is 5.91 Å². The summed E-state index contributed by atoms with van der Waals surface area (Å²) in [7, 11) is 0. The van der Waals surface area contributed by atoms with Crippen molar-refractivity contribution in [3.8, 4) is 11.8 Å². The molecular formula is C16H18FNO3. The zero-order chi connectivity index (χ0) is 15.2. The third kappa shape index (κ3) is 3.81. The summed E-state index contributed by atoms with van der Waals surface area (Å²) in [4.78, 5) is 13.9. The fraction of sp³-hybridized carbons (Fsp3) is 0.438. The van der Waals surface area contributed by atoms with E-state index in [1.807, 2.05) is 0 Å². The molecule has 1 fully saturated rings. The van der Waals surface area contributed by atoms with Gasteiger partial charge < -0.3 is 15.1 Å². The molecule has 0 aliphatic carbocycles. The van der Waals surface area contributed by atoms with Gasteiger partial charge in [0.15, 0.2) is 0 Å². The molecular weight excluding hydrogens is 273 g/mol. The fourth-order valence-corrected chi connectivity index (χ4v) is 2.48. The van der Waals surface area contributed by atoms with Crippen molar-refractivity contribution < 1.29 is 19.4 Å². The number of hydrogen-bond donors (Lipinski definition) is 2. The van der Waals surface area contributed by atoms with Gasteiger partial charge in [-0.1, -0.05) is 11.8 Å². The second kappa shape index (κ2) is 7.21. The number of rotatable bonds is 2. The number of carbonyl (C=O) groups excluding carboxylic acids is 1. The van der Waals surface area contributed by atoms with Crippen molar-refractivity contribution in [2.45, 2.75) is 12.8 Å². The van der Waals surface area contributed by atoms with Crippen LogP contribution in [0.4, 0.5) is 4.39 Å². The van der Waals surface area contributed by atoms with Crippen LogP contribution in [-0.4, -0.2) is 47.3 Å². The van der Waals surface area contributed by atoms with Crippen LogP contribution in [0.2, 0.25) is 0 Å². The number of carbonyl (C=O) groups is 1. The first-order chi connectivity index (χ1) is 10.2. The molecule has 1 unspecified atom stereocenters. The van der Waals surface area contributed by atoms with Gasteiger partial charge >= 0.3 is 0 Å². The highest BCUT2D eigenvalue weighted by atomic mass is 19.1. The number of benzene rings is 1. The molecule has 1 aromatic carbocycles. The first-order valence-electron chi connectivity index (χ1n) is 6.95. The number of nitrogens with zero attached hydrogens (tertiary/aromatic N) is 1. The third-order valence-corrected chi connectivity index (χ3v) is 3.58. The SMILES string of the molecule is O=C(c1ccc(C#CCO)cc1F)N1CCCC(CO)C1. The summed E-state index contributed by atoms with van der Waals surface area (Å²) >= 11 is 0. The van der Waals surface area contributed by atoms with Crippen LogP contribution < -0.4 is 0 Å². The number of piperidine rings is 1. The third-order valence-electron chi connectivity index (χ3n) is 3.58. The number of aliphatic hydroxyl groups is 2. The molecule has 0 bridgehead atoms. The maximum absolute atomic E-state index is 14.0. The molecule has 2 rings (SSSR count). The van der Waals surface area contributed by atoms with Crippen molar-refractivity contribution in [3.63, 3.8) is 0 Å². The van der Waals surface area contributed by atoms with E-state index in [1.165, 1.54) is 12.1 Å². The second-order valence-electron chi connectivity index (χ2n) is 5.10. The van der Waals surface area contributed by atoms with Gasteiger partial charge in [-0.25, -0.2) is 4.39 Å². The summed E-state index contributed by atoms with van der Waals surface area (Å²) in [6.07, 6.45) is 1.71. The normalized spacial score (nSPS) is 18.0. The average Bonchev–Trinajstić information content (AvgIpc) is 2.52. The van der Waals surface area contributed by atoms with Gasteiger partial charge in [-0.3, -0.25) is 4.79 Å². The number of amides is 1. The number of aliphatic hydroxyl groups excluding tert-OH is 2. The molecule has 2 N–H and O–H groups in total. The van der Waals surface area contributed by atoms with Crippen molar-refractivity contribution in [2.24, 2.45) is 5.92 Å². The van der Waals surface area contributed by atoms with Crippen molar-refractivity contribution in [1.82, 2.24) is 4.90 Å². The van der Waals surface area contributed by atoms with E-state index in [4.69, 9.17) is 5.11 Å². The topological polar surface area (TPSA) is 60.8 Å². The minimum absolute atomic E-state index is 0.0168. The van der Waals surface area contributed by atoms with Crippen LogP contribution in [0.3, 0.4) is 0 Å². The van der Waals surface area contributed by atoms with Gasteiger partial charge in [0.25, 0.3) is 5.91 Å². The van der Waals surface area contributed by atoms with Gasteiger partial charge in [0.1, 0.15) is 12.4 Å². The molecule has 21 heavy (non-hydrogen) atoms. The summed E-state index contributed by atoms with van der Waals surface area (Å²) in [5.41, 5.74) is 0.438. The monoisotopic (exact) mass is 291 g/mol. The van der Waals surface area contributed by atoms with Gasteiger partial charge in [0.2, 0.25) is 0 Å². The molecule has 112 valence electrons. The van der Waals surface area contributed by atoms with Crippen molar-refractivity contribution in [1.29, 1.82) is 0 Å². The van der Waals surface area contributed by atoms with E-state index in [0.29, 0.717) is 18.7 Å². The van der Waals surface area contributed by atoms with Crippen LogP contribution in [0, 0.1) is 23.6 Å². The first kappa shape index (κ1) is 15.5. The van der Waals surface area contributed by atoms with E-state index >= 15 is 0 Å². The van der Waals surface area contributed by atoms with Gasteiger partial charge in [0.05, 0.1) is 5.56 Å². The molecule has 5 heteroatoms. The Balaban J connectivity index is 2.15. The van der Waals surface area contributed by atoms with Crippen LogP contribution in [0.15, 0.2) is 18.2 Å². The van der Waals surface area contributed by atoms with E-state index in [9.17, 15) is 14.3 Å². The summed E-state index contributed by atoms with van der Waals surface area (Å²) in [6, 6.07) is 4.18. The molecule has 1 atom stereocenters. The zero-order valence-electron chi connectivity index (χ0n) is 11.7. The lowest BCUT2D eigenvalue weighted by molar-refractivity contribution is 0.0616. The highest BCUT2D eigenvalue weighted by Crippen LogP contribution is 2.20. The summed E-state index contributed by atoms with van der Waals surface area (Å²) < 4.78 is 14.0. The minimum atomic E-state index is -0.615. The Morgan fingerprint density at radius 1 is 1.43 bits per heavy atom. The highest BCUT2D eigenvalue weighted by Gasteiger charge is 2.25. The van der Waals surface area contributed by atoms with E-state index in [-0.39, 0.29) is 30.6 Å². The molecule has 1 saturated heterocycles. The zero-order valence-corrected chi connectivity index (χ0v) is 11.7. The molecule has 1 aliphatic rings. The predicted molar refractivity (Wildman–Crippen MR) is 76.1 cm³/mol. The standard InChI is InChI=1S/C16H18FNO3/c17-15-9-12(4-2-8-19)5-6-14(15)16(21)18-7-1-3-13(10-18)11-20/h5-6,9,13,19-20H,1,3,7-8,10-11H2. The molecule has 0 saturated carbocycles. The number of halogens is 1. The molecule has 0 radical (unpaired) electrons. The van der Waals surface area contributed by atoms with Crippen LogP contribution in [0.1, 0.15) is 28.8 Å². The molecule has 1 heterocycles. The largest absolute Gasteiger partial charge is 0.396 e. The molecule has 4 nitrogen and oxygen atoms in total. The Labute approximate surface area is 123 Å². The summed E-state index contributed by atoms with van der Waals surface area (Å²) in [5, 5.41) is 17.8. The Kier molecular flexibility index (Phi) is 5.32. The lowest BCUT2D eigenvalue weighted by atomic mass is 9.98. The van der Waals surface area contributed by atoms with Gasteiger partial charge in [-0.15, -0.1) is 0 Å². The van der Waals surface area contributed by atoms with E-state index in [1.54, 1.807) is 11.0 Å². The first-order valence-corrected chi connectivity index (χ1v) is 6.95. The highest BCUT2D eigenvalue weighted by molar-refractivity contribution is 5.94. The van der Waals surface area contributed by atoms with Gasteiger partial charge in [-0.2, -0.15) is 0 Å². The Bertz CT molecular complexity index is 577. The molecule has 1 amide bonds. The lowest BCUT2D eigenvalue weighted by Gasteiger charge is -2.32. The quantitative estimate of drug-likeness (QED) is 0.800. The molecule has 0 aromatic heterocycles. The number of likely N-dealkylation sites (tertiary alicyclic amines) is 1. The molecule has 1 aliphatic heterocycles. The smallest absolute Gasteiger partial charge is 0.256 e. The minimum Gasteiger partial charge on any atom is -0.396 e. The van der Waals surface area contributed by atoms with Crippen molar-refractivity contribution in [2.75, 3.05) is 26.3 Å². The summed E-state index contributed by atoms with van der Waals surface area (Å²) in [6.45, 7) is 0.794. The Morgan fingerprint density at radius 2 is 2.24 bits per heavy atom. The van der Waals surface area contributed by atoms with Gasteiger partial charge in [0, 0.05) is 25.3 Å². The maximum Gasteiger partial charge on any atom is 0.256 e. The predicted octanol–water partition coefficient (Wildman–Crippen LogP) is 1.01. The Morgan fingerprint density at radius 3 is 2.90 bits per heavy atom. The molecule has 1 aromatic rings. The van der Waals surface area contributed by atoms with E-state index in [2.05, 4.69) is 11.8 Å². The summed E-state index contributed by atoms with van der Waals surface area (Å²) in [5.74, 6) is 4.13. The number of hydrogen-bond acceptors (Lipinski definition) is 3. The lowest BCUT2D eigenvalue weighted by Crippen LogP contribution is -2.41. The molecule has 0 spiro atoms. The van der Waals surface area contributed by atoms with Gasteiger partial charge in [-0.05, 0) is 37.0 Å². The van der Waals surface area contributed by atoms with Crippen LogP contribution >= 0.6 is 0 Å². The average molecular weight is 291 g/mol. The van der Waals surface area contributed by atoms with Crippen LogP contribution in [0.25, 0.3) is 0 Å². The second-order valence-corrected chi connectivity index (χ2v) is 5.10. The van der Waals surface area contributed by atoms with E-state index < -0.39 is 5.82 Å².